The molecule has 2 aromatic carbocycles. The molecule has 0 aromatic heterocycles. The summed E-state index contributed by atoms with van der Waals surface area (Å²) in [4.78, 5) is 11.0. The molecule has 4 nitrogen and oxygen atoms in total. The fourth-order valence-corrected chi connectivity index (χ4v) is 1.78. The standard InChI is InChI=1S/C15H13FO4/c16-12-2-1-3-13(14(12)15(18)19)20-11-6-4-10(5-7-11)8-9-17/h1-7,17H,8-9H2,(H,18,19). The predicted octanol–water partition coefficient (Wildman–Crippen LogP) is 2.85. The van der Waals surface area contributed by atoms with Crippen molar-refractivity contribution in [1.82, 2.24) is 0 Å². The van der Waals surface area contributed by atoms with Crippen molar-refractivity contribution in [2.75, 3.05) is 6.61 Å². The van der Waals surface area contributed by atoms with Crippen molar-refractivity contribution in [1.29, 1.82) is 0 Å². The minimum Gasteiger partial charge on any atom is -0.477 e. The lowest BCUT2D eigenvalue weighted by Gasteiger charge is -2.09. The number of aromatic carboxylic acids is 1. The van der Waals surface area contributed by atoms with E-state index in [1.807, 2.05) is 0 Å². The van der Waals surface area contributed by atoms with Gasteiger partial charge in [-0.15, -0.1) is 0 Å². The van der Waals surface area contributed by atoms with Crippen LogP contribution in [0.4, 0.5) is 4.39 Å². The van der Waals surface area contributed by atoms with Crippen LogP contribution in [0.1, 0.15) is 15.9 Å². The van der Waals surface area contributed by atoms with Crippen LogP contribution in [0, 0.1) is 5.82 Å². The maximum absolute atomic E-state index is 13.5. The second-order valence-corrected chi connectivity index (χ2v) is 4.14. The van der Waals surface area contributed by atoms with Gasteiger partial charge in [0.05, 0.1) is 0 Å². The van der Waals surface area contributed by atoms with Crippen LogP contribution in [0.5, 0.6) is 11.5 Å². The van der Waals surface area contributed by atoms with E-state index in [2.05, 4.69) is 0 Å². The number of ether oxygens (including phenoxy) is 1. The first-order chi connectivity index (χ1) is 9.61. The molecule has 20 heavy (non-hydrogen) atoms. The first kappa shape index (κ1) is 14.0. The van der Waals surface area contributed by atoms with Gasteiger partial charge in [0, 0.05) is 6.61 Å². The van der Waals surface area contributed by atoms with E-state index in [0.717, 1.165) is 11.6 Å². The maximum atomic E-state index is 13.5. The zero-order valence-corrected chi connectivity index (χ0v) is 10.5. The molecule has 0 saturated carbocycles. The molecule has 0 spiro atoms. The highest BCUT2D eigenvalue weighted by molar-refractivity contribution is 5.91. The van der Waals surface area contributed by atoms with Gasteiger partial charge in [-0.3, -0.25) is 0 Å². The van der Waals surface area contributed by atoms with Crippen LogP contribution in [0.15, 0.2) is 42.5 Å². The highest BCUT2D eigenvalue weighted by atomic mass is 19.1. The molecule has 0 bridgehead atoms. The maximum Gasteiger partial charge on any atom is 0.342 e. The fourth-order valence-electron chi connectivity index (χ4n) is 1.78. The van der Waals surface area contributed by atoms with Crippen molar-refractivity contribution in [2.24, 2.45) is 0 Å². The summed E-state index contributed by atoms with van der Waals surface area (Å²) in [5.74, 6) is -1.87. The Labute approximate surface area is 115 Å². The lowest BCUT2D eigenvalue weighted by molar-refractivity contribution is 0.0689. The van der Waals surface area contributed by atoms with Gasteiger partial charge in [0.25, 0.3) is 0 Å². The van der Waals surface area contributed by atoms with E-state index in [-0.39, 0.29) is 12.4 Å². The molecule has 0 aliphatic rings. The SMILES string of the molecule is O=C(O)c1c(F)cccc1Oc1ccc(CCO)cc1. The number of benzene rings is 2. The van der Waals surface area contributed by atoms with Crippen LogP contribution in [0.2, 0.25) is 0 Å². The third kappa shape index (κ3) is 3.13. The number of aliphatic hydroxyl groups excluding tert-OH is 1. The quantitative estimate of drug-likeness (QED) is 0.881. The molecule has 104 valence electrons. The number of aliphatic hydroxyl groups is 1. The van der Waals surface area contributed by atoms with E-state index in [1.54, 1.807) is 24.3 Å². The predicted molar refractivity (Wildman–Crippen MR) is 70.7 cm³/mol. The highest BCUT2D eigenvalue weighted by Crippen LogP contribution is 2.27. The van der Waals surface area contributed by atoms with Gasteiger partial charge in [-0.1, -0.05) is 18.2 Å². The average Bonchev–Trinajstić information content (AvgIpc) is 2.41. The Morgan fingerprint density at radius 1 is 1.15 bits per heavy atom. The number of carboxylic acid groups (broad SMARTS) is 1. The van der Waals surface area contributed by atoms with Crippen molar-refractivity contribution < 1.29 is 24.1 Å². The van der Waals surface area contributed by atoms with Gasteiger partial charge in [-0.2, -0.15) is 0 Å². The van der Waals surface area contributed by atoms with E-state index in [9.17, 15) is 9.18 Å². The highest BCUT2D eigenvalue weighted by Gasteiger charge is 2.17. The van der Waals surface area contributed by atoms with E-state index in [4.69, 9.17) is 14.9 Å². The summed E-state index contributed by atoms with van der Waals surface area (Å²) in [6.45, 7) is 0.0489. The Morgan fingerprint density at radius 2 is 1.85 bits per heavy atom. The lowest BCUT2D eigenvalue weighted by Crippen LogP contribution is -2.03. The first-order valence-electron chi connectivity index (χ1n) is 6.01. The Bertz CT molecular complexity index is 608. The molecular formula is C15H13FO4. The van der Waals surface area contributed by atoms with Crippen molar-refractivity contribution in [3.8, 4) is 11.5 Å². The molecular weight excluding hydrogens is 263 g/mol. The first-order valence-corrected chi connectivity index (χ1v) is 6.01. The molecule has 0 fully saturated rings. The van der Waals surface area contributed by atoms with E-state index in [1.165, 1.54) is 12.1 Å². The zero-order chi connectivity index (χ0) is 14.5. The molecule has 2 aromatic rings. The number of halogens is 1. The van der Waals surface area contributed by atoms with Gasteiger partial charge < -0.3 is 14.9 Å². The third-order valence-corrected chi connectivity index (χ3v) is 2.74. The molecule has 0 aliphatic heterocycles. The normalized spacial score (nSPS) is 10.3. The smallest absolute Gasteiger partial charge is 0.342 e. The number of hydrogen-bond acceptors (Lipinski definition) is 3. The number of carboxylic acids is 1. The van der Waals surface area contributed by atoms with Crippen molar-refractivity contribution in [2.45, 2.75) is 6.42 Å². The summed E-state index contributed by atoms with van der Waals surface area (Å²) in [7, 11) is 0. The van der Waals surface area contributed by atoms with Gasteiger partial charge in [0.1, 0.15) is 22.9 Å². The Hall–Kier alpha value is -2.40. The molecule has 0 unspecified atom stereocenters. The van der Waals surface area contributed by atoms with Crippen LogP contribution in [-0.4, -0.2) is 22.8 Å². The second-order valence-electron chi connectivity index (χ2n) is 4.14. The summed E-state index contributed by atoms with van der Waals surface area (Å²) >= 11 is 0. The largest absolute Gasteiger partial charge is 0.477 e. The average molecular weight is 276 g/mol. The molecule has 0 saturated heterocycles. The van der Waals surface area contributed by atoms with Crippen LogP contribution < -0.4 is 4.74 Å². The van der Waals surface area contributed by atoms with Crippen molar-refractivity contribution in [3.63, 3.8) is 0 Å². The minimum absolute atomic E-state index is 0.0487. The molecule has 5 heteroatoms. The molecule has 0 amide bonds. The molecule has 0 radical (unpaired) electrons. The van der Waals surface area contributed by atoms with Gasteiger partial charge in [0.2, 0.25) is 0 Å². The summed E-state index contributed by atoms with van der Waals surface area (Å²) in [6.07, 6.45) is 0.528. The van der Waals surface area contributed by atoms with Crippen LogP contribution >= 0.6 is 0 Å². The molecule has 0 heterocycles. The van der Waals surface area contributed by atoms with Crippen molar-refractivity contribution >= 4 is 5.97 Å². The monoisotopic (exact) mass is 276 g/mol. The van der Waals surface area contributed by atoms with E-state index >= 15 is 0 Å². The van der Waals surface area contributed by atoms with E-state index in [0.29, 0.717) is 12.2 Å². The zero-order valence-electron chi connectivity index (χ0n) is 10.5. The van der Waals surface area contributed by atoms with Gasteiger partial charge >= 0.3 is 5.97 Å². The summed E-state index contributed by atoms with van der Waals surface area (Å²) in [5, 5.41) is 17.8. The lowest BCUT2D eigenvalue weighted by atomic mass is 10.1. The molecule has 2 rings (SSSR count). The summed E-state index contributed by atoms with van der Waals surface area (Å²) in [5.41, 5.74) is 0.435. The van der Waals surface area contributed by atoms with Crippen LogP contribution in [-0.2, 0) is 6.42 Å². The van der Waals surface area contributed by atoms with Gasteiger partial charge in [0.15, 0.2) is 0 Å². The number of hydrogen-bond donors (Lipinski definition) is 2. The topological polar surface area (TPSA) is 66.8 Å². The number of rotatable bonds is 5. The fraction of sp³-hybridized carbons (Fsp3) is 0.133. The molecule has 0 atom stereocenters. The van der Waals surface area contributed by atoms with Gasteiger partial charge in [-0.25, -0.2) is 9.18 Å². The van der Waals surface area contributed by atoms with E-state index < -0.39 is 17.3 Å². The minimum atomic E-state index is -1.38. The van der Waals surface area contributed by atoms with Crippen LogP contribution in [0.25, 0.3) is 0 Å². The summed E-state index contributed by atoms with van der Waals surface area (Å²) in [6, 6.07) is 10.6. The Morgan fingerprint density at radius 3 is 2.45 bits per heavy atom. The van der Waals surface area contributed by atoms with Crippen LogP contribution in [0.3, 0.4) is 0 Å². The summed E-state index contributed by atoms with van der Waals surface area (Å²) < 4.78 is 18.9. The van der Waals surface area contributed by atoms with Gasteiger partial charge in [-0.05, 0) is 36.2 Å². The third-order valence-electron chi connectivity index (χ3n) is 2.74. The Balaban J connectivity index is 2.26. The Kier molecular flexibility index (Phi) is 4.32. The molecule has 0 aliphatic carbocycles. The van der Waals surface area contributed by atoms with Crippen molar-refractivity contribution in [3.05, 3.63) is 59.4 Å². The number of carbonyl (C=O) groups is 1. The molecule has 2 N–H and O–H groups in total. The second kappa shape index (κ2) is 6.16.